The van der Waals surface area contributed by atoms with Crippen LogP contribution in [0, 0.1) is 0 Å². The van der Waals surface area contributed by atoms with Gasteiger partial charge in [0.05, 0.1) is 0 Å². The van der Waals surface area contributed by atoms with Crippen LogP contribution in [0.4, 0.5) is 0 Å². The molecule has 0 aliphatic heterocycles. The molecule has 0 heterocycles. The molecule has 0 saturated heterocycles. The van der Waals surface area contributed by atoms with E-state index in [1.165, 1.54) is 5.56 Å². The zero-order valence-electron chi connectivity index (χ0n) is 10.7. The highest BCUT2D eigenvalue weighted by atomic mass is 79.9. The summed E-state index contributed by atoms with van der Waals surface area (Å²) in [5.74, 6) is 0.976. The van der Waals surface area contributed by atoms with Gasteiger partial charge in [0.25, 0.3) is 0 Å². The Morgan fingerprint density at radius 3 is 2.78 bits per heavy atom. The first-order valence-electron chi connectivity index (χ1n) is 6.16. The predicted molar refractivity (Wildman–Crippen MR) is 79.5 cm³/mol. The van der Waals surface area contributed by atoms with Crippen LogP contribution in [0.3, 0.4) is 0 Å². The first-order valence-corrected chi connectivity index (χ1v) is 7.48. The van der Waals surface area contributed by atoms with E-state index < -0.39 is 0 Å². The number of hydrogen-bond donors (Lipinski definition) is 0. The normalized spacial score (nSPS) is 12.6. The number of alkyl halides is 1. The molecule has 0 aromatic heterocycles. The highest BCUT2D eigenvalue weighted by Gasteiger charge is 2.10. The molecule has 0 amide bonds. The van der Waals surface area contributed by atoms with Crippen LogP contribution in [-0.4, -0.2) is 32.8 Å². The molecule has 0 aliphatic rings. The van der Waals surface area contributed by atoms with Crippen molar-refractivity contribution >= 4 is 27.5 Å². The maximum atomic E-state index is 6.03. The molecule has 0 saturated carbocycles. The molecule has 1 unspecified atom stereocenters. The first-order chi connectivity index (χ1) is 8.77. The fourth-order valence-corrected chi connectivity index (χ4v) is 2.48. The van der Waals surface area contributed by atoms with Crippen LogP contribution in [0.15, 0.2) is 28.7 Å². The fraction of sp³-hybridized carbons (Fsp3) is 0.571. The van der Waals surface area contributed by atoms with Crippen molar-refractivity contribution in [2.75, 3.05) is 32.8 Å². The molecule has 1 atom stereocenters. The van der Waals surface area contributed by atoms with Crippen LogP contribution in [0.1, 0.15) is 24.3 Å². The maximum Gasteiger partial charge on any atom is 0.0487 e. The van der Waals surface area contributed by atoms with Gasteiger partial charge in [0.2, 0.25) is 0 Å². The van der Waals surface area contributed by atoms with Gasteiger partial charge in [0.1, 0.15) is 0 Å². The minimum Gasteiger partial charge on any atom is -0.385 e. The minimum atomic E-state index is 0.353. The number of halogens is 2. The lowest BCUT2D eigenvalue weighted by Crippen LogP contribution is -2.07. The molecular formula is C14H20BrClO2. The Bertz CT molecular complexity index is 333. The Balaban J connectivity index is 2.29. The largest absolute Gasteiger partial charge is 0.385 e. The number of rotatable bonds is 9. The van der Waals surface area contributed by atoms with Crippen LogP contribution >= 0.6 is 27.5 Å². The molecule has 0 aliphatic carbocycles. The summed E-state index contributed by atoms with van der Waals surface area (Å²) in [6.07, 6.45) is 1.89. The second kappa shape index (κ2) is 9.79. The van der Waals surface area contributed by atoms with E-state index in [1.54, 1.807) is 7.11 Å². The Hall–Kier alpha value is -0.0900. The average Bonchev–Trinajstić information content (AvgIpc) is 2.38. The van der Waals surface area contributed by atoms with Crippen LogP contribution in [0.2, 0.25) is 0 Å². The molecule has 1 rings (SSSR count). The maximum absolute atomic E-state index is 6.03. The third-order valence-electron chi connectivity index (χ3n) is 2.75. The van der Waals surface area contributed by atoms with E-state index in [1.807, 2.05) is 12.1 Å². The van der Waals surface area contributed by atoms with Crippen LogP contribution in [0.25, 0.3) is 0 Å². The lowest BCUT2D eigenvalue weighted by atomic mass is 9.98. The first kappa shape index (κ1) is 16.0. The van der Waals surface area contributed by atoms with E-state index in [0.717, 1.165) is 37.1 Å². The van der Waals surface area contributed by atoms with Gasteiger partial charge in [-0.2, -0.15) is 0 Å². The molecule has 1 aromatic rings. The van der Waals surface area contributed by atoms with E-state index >= 15 is 0 Å². The van der Waals surface area contributed by atoms with Crippen LogP contribution in [0.5, 0.6) is 0 Å². The number of ether oxygens (including phenoxy) is 2. The van der Waals surface area contributed by atoms with Gasteiger partial charge in [0.15, 0.2) is 0 Å². The van der Waals surface area contributed by atoms with E-state index in [-0.39, 0.29) is 0 Å². The summed E-state index contributed by atoms with van der Waals surface area (Å²) < 4.78 is 11.6. The summed E-state index contributed by atoms with van der Waals surface area (Å²) in [4.78, 5) is 0. The van der Waals surface area contributed by atoms with Gasteiger partial charge in [-0.15, -0.1) is 11.6 Å². The molecule has 0 radical (unpaired) electrons. The average molecular weight is 336 g/mol. The lowest BCUT2D eigenvalue weighted by Gasteiger charge is -2.14. The van der Waals surface area contributed by atoms with Gasteiger partial charge in [-0.05, 0) is 36.5 Å². The Kier molecular flexibility index (Phi) is 8.68. The standard InChI is InChI=1S/C14H20BrClO2/c1-17-7-3-8-18-9-6-13(11-16)12-4-2-5-14(15)10-12/h2,4-5,10,13H,3,6-9,11H2,1H3. The van der Waals surface area contributed by atoms with Gasteiger partial charge < -0.3 is 9.47 Å². The smallest absolute Gasteiger partial charge is 0.0487 e. The molecule has 0 spiro atoms. The van der Waals surface area contributed by atoms with Crippen LogP contribution in [-0.2, 0) is 9.47 Å². The van der Waals surface area contributed by atoms with Crippen molar-refractivity contribution in [1.29, 1.82) is 0 Å². The molecule has 0 N–H and O–H groups in total. The summed E-state index contributed by atoms with van der Waals surface area (Å²) in [6.45, 7) is 2.25. The Morgan fingerprint density at radius 2 is 2.11 bits per heavy atom. The van der Waals surface area contributed by atoms with E-state index in [2.05, 4.69) is 28.1 Å². The lowest BCUT2D eigenvalue weighted by molar-refractivity contribution is 0.0990. The predicted octanol–water partition coefficient (Wildman–Crippen LogP) is 4.21. The summed E-state index contributed by atoms with van der Waals surface area (Å²) in [6, 6.07) is 8.30. The quantitative estimate of drug-likeness (QED) is 0.497. The van der Waals surface area contributed by atoms with Gasteiger partial charge in [0, 0.05) is 37.3 Å². The zero-order chi connectivity index (χ0) is 13.2. The SMILES string of the molecule is COCCCOCCC(CCl)c1cccc(Br)c1. The second-order valence-corrected chi connectivity index (χ2v) is 5.38. The molecule has 2 nitrogen and oxygen atoms in total. The van der Waals surface area contributed by atoms with E-state index in [9.17, 15) is 0 Å². The summed E-state index contributed by atoms with van der Waals surface area (Å²) in [5.41, 5.74) is 1.26. The van der Waals surface area contributed by atoms with Crippen molar-refractivity contribution in [3.8, 4) is 0 Å². The van der Waals surface area contributed by atoms with Crippen molar-refractivity contribution in [2.45, 2.75) is 18.8 Å². The molecule has 18 heavy (non-hydrogen) atoms. The van der Waals surface area contributed by atoms with E-state index in [0.29, 0.717) is 11.8 Å². The van der Waals surface area contributed by atoms with Crippen molar-refractivity contribution in [3.05, 3.63) is 34.3 Å². The van der Waals surface area contributed by atoms with Crippen molar-refractivity contribution in [3.63, 3.8) is 0 Å². The molecule has 0 fully saturated rings. The van der Waals surface area contributed by atoms with Gasteiger partial charge in [-0.1, -0.05) is 28.1 Å². The monoisotopic (exact) mass is 334 g/mol. The summed E-state index contributed by atoms with van der Waals surface area (Å²) >= 11 is 9.51. The highest BCUT2D eigenvalue weighted by Crippen LogP contribution is 2.24. The highest BCUT2D eigenvalue weighted by molar-refractivity contribution is 9.10. The van der Waals surface area contributed by atoms with Gasteiger partial charge in [-0.25, -0.2) is 0 Å². The second-order valence-electron chi connectivity index (χ2n) is 4.15. The zero-order valence-corrected chi connectivity index (χ0v) is 13.0. The van der Waals surface area contributed by atoms with Crippen LogP contribution < -0.4 is 0 Å². The minimum absolute atomic E-state index is 0.353. The molecule has 1 aromatic carbocycles. The number of benzene rings is 1. The van der Waals surface area contributed by atoms with Gasteiger partial charge >= 0.3 is 0 Å². The molecule has 0 bridgehead atoms. The summed E-state index contributed by atoms with van der Waals surface area (Å²) in [5, 5.41) is 0. The third-order valence-corrected chi connectivity index (χ3v) is 3.62. The number of hydrogen-bond acceptors (Lipinski definition) is 2. The molecular weight excluding hydrogens is 316 g/mol. The number of methoxy groups -OCH3 is 1. The van der Waals surface area contributed by atoms with E-state index in [4.69, 9.17) is 21.1 Å². The summed E-state index contributed by atoms with van der Waals surface area (Å²) in [7, 11) is 1.71. The third kappa shape index (κ3) is 6.19. The molecule has 102 valence electrons. The topological polar surface area (TPSA) is 18.5 Å². The van der Waals surface area contributed by atoms with Crippen molar-refractivity contribution in [2.24, 2.45) is 0 Å². The van der Waals surface area contributed by atoms with Gasteiger partial charge in [-0.3, -0.25) is 0 Å². The van der Waals surface area contributed by atoms with Crippen molar-refractivity contribution < 1.29 is 9.47 Å². The van der Waals surface area contributed by atoms with Crippen molar-refractivity contribution in [1.82, 2.24) is 0 Å². The Labute approximate surface area is 123 Å². The fourth-order valence-electron chi connectivity index (χ4n) is 1.73. The molecule has 4 heteroatoms. The Morgan fingerprint density at radius 1 is 1.28 bits per heavy atom.